The van der Waals surface area contributed by atoms with Crippen LogP contribution in [0.5, 0.6) is 0 Å². The third kappa shape index (κ3) is 6.55. The first-order valence-corrected chi connectivity index (χ1v) is 11.3. The topological polar surface area (TPSA) is 77.1 Å². The van der Waals surface area contributed by atoms with E-state index in [1.54, 1.807) is 38.3 Å². The zero-order valence-electron chi connectivity index (χ0n) is 18.6. The average Bonchev–Trinajstić information content (AvgIpc) is 2.79. The van der Waals surface area contributed by atoms with E-state index < -0.39 is 18.2 Å². The highest BCUT2D eigenvalue weighted by atomic mass is 35.5. The predicted molar refractivity (Wildman–Crippen MR) is 123 cm³/mol. The minimum absolute atomic E-state index is 0.108. The van der Waals surface area contributed by atoms with Crippen LogP contribution in [0.4, 0.5) is 10.5 Å². The van der Waals surface area contributed by atoms with Crippen molar-refractivity contribution in [3.05, 3.63) is 29.3 Å². The molecule has 2 aliphatic heterocycles. The van der Waals surface area contributed by atoms with E-state index in [0.29, 0.717) is 29.8 Å². The fraction of sp³-hybridized carbons (Fsp3) is 0.636. The first kappa shape index (κ1) is 23.8. The number of urea groups is 1. The van der Waals surface area contributed by atoms with E-state index >= 15 is 0 Å². The largest absolute Gasteiger partial charge is 0.379 e. The third-order valence-corrected chi connectivity index (χ3v) is 6.58. The molecule has 0 radical (unpaired) electrons. The van der Waals surface area contributed by atoms with Gasteiger partial charge in [-0.25, -0.2) is 4.79 Å². The number of ether oxygens (including phenoxy) is 1. The first-order chi connectivity index (χ1) is 14.9. The van der Waals surface area contributed by atoms with Gasteiger partial charge < -0.3 is 25.2 Å². The molecule has 0 spiro atoms. The molecule has 0 aliphatic carbocycles. The van der Waals surface area contributed by atoms with Crippen molar-refractivity contribution in [1.82, 2.24) is 20.0 Å². The van der Waals surface area contributed by atoms with Gasteiger partial charge >= 0.3 is 6.03 Å². The second kappa shape index (κ2) is 11.1. The molecule has 2 N–H and O–H groups in total. The monoisotopic (exact) mass is 451 g/mol. The molecule has 1 aromatic carbocycles. The van der Waals surface area contributed by atoms with Crippen LogP contribution < -0.4 is 10.6 Å². The normalized spacial score (nSPS) is 20.8. The van der Waals surface area contributed by atoms with Crippen molar-refractivity contribution in [3.8, 4) is 0 Å². The van der Waals surface area contributed by atoms with Crippen molar-refractivity contribution in [2.75, 3.05) is 58.7 Å². The molecule has 0 saturated carbocycles. The molecule has 9 heteroatoms. The van der Waals surface area contributed by atoms with E-state index in [4.69, 9.17) is 16.3 Å². The molecular formula is C22H34ClN5O3. The lowest BCUT2D eigenvalue weighted by atomic mass is 10.0. The Labute approximate surface area is 189 Å². The van der Waals surface area contributed by atoms with Gasteiger partial charge in [0.25, 0.3) is 0 Å². The van der Waals surface area contributed by atoms with Crippen LogP contribution in [0.3, 0.4) is 0 Å². The van der Waals surface area contributed by atoms with Crippen LogP contribution in [0.1, 0.15) is 19.8 Å². The summed E-state index contributed by atoms with van der Waals surface area (Å²) in [6.07, 6.45) is 1.91. The molecule has 2 fully saturated rings. The summed E-state index contributed by atoms with van der Waals surface area (Å²) in [6, 6.07) is 6.21. The summed E-state index contributed by atoms with van der Waals surface area (Å²) in [4.78, 5) is 32.4. The second-order valence-corrected chi connectivity index (χ2v) is 8.86. The number of rotatable bonds is 6. The molecular weight excluding hydrogens is 418 g/mol. The Morgan fingerprint density at radius 2 is 1.68 bits per heavy atom. The fourth-order valence-electron chi connectivity index (χ4n) is 4.22. The van der Waals surface area contributed by atoms with Crippen molar-refractivity contribution < 1.29 is 14.3 Å². The summed E-state index contributed by atoms with van der Waals surface area (Å²) in [5.41, 5.74) is 0.602. The Balaban J connectivity index is 1.54. The molecule has 3 rings (SSSR count). The van der Waals surface area contributed by atoms with Crippen LogP contribution >= 0.6 is 11.6 Å². The number of halogens is 1. The first-order valence-electron chi connectivity index (χ1n) is 10.9. The molecule has 31 heavy (non-hydrogen) atoms. The summed E-state index contributed by atoms with van der Waals surface area (Å²) >= 11 is 5.89. The average molecular weight is 452 g/mol. The van der Waals surface area contributed by atoms with Gasteiger partial charge in [0.2, 0.25) is 5.91 Å². The maximum Gasteiger partial charge on any atom is 0.319 e. The van der Waals surface area contributed by atoms with E-state index in [1.807, 2.05) is 4.90 Å². The van der Waals surface area contributed by atoms with Crippen molar-refractivity contribution in [3.63, 3.8) is 0 Å². The summed E-state index contributed by atoms with van der Waals surface area (Å²) in [7, 11) is 3.71. The lowest BCUT2D eigenvalue weighted by Gasteiger charge is -2.43. The molecule has 0 aromatic heterocycles. The number of nitrogens with zero attached hydrogens (tertiary/aromatic N) is 3. The summed E-state index contributed by atoms with van der Waals surface area (Å²) in [6.45, 7) is 7.11. The van der Waals surface area contributed by atoms with Gasteiger partial charge in [0, 0.05) is 50.0 Å². The maximum atomic E-state index is 13.2. The van der Waals surface area contributed by atoms with Crippen LogP contribution in [-0.2, 0) is 9.53 Å². The predicted octanol–water partition coefficient (Wildman–Crippen LogP) is 2.10. The number of carbonyl (C=O) groups excluding carboxylic acids is 2. The number of amides is 3. The molecule has 2 atom stereocenters. The molecule has 3 amide bonds. The molecule has 2 saturated heterocycles. The molecule has 8 nitrogen and oxygen atoms in total. The number of piperazine rings is 1. The Morgan fingerprint density at radius 1 is 1.06 bits per heavy atom. The van der Waals surface area contributed by atoms with E-state index in [2.05, 4.69) is 27.5 Å². The number of carbonyl (C=O) groups is 2. The van der Waals surface area contributed by atoms with E-state index in [-0.39, 0.29) is 5.91 Å². The number of methoxy groups -OCH3 is 1. The highest BCUT2D eigenvalue weighted by Crippen LogP contribution is 2.18. The van der Waals surface area contributed by atoms with Crippen molar-refractivity contribution >= 4 is 29.2 Å². The quantitative estimate of drug-likeness (QED) is 0.692. The molecule has 172 valence electrons. The molecule has 0 bridgehead atoms. The zero-order valence-corrected chi connectivity index (χ0v) is 19.4. The smallest absolute Gasteiger partial charge is 0.319 e. The minimum Gasteiger partial charge on any atom is -0.379 e. The van der Waals surface area contributed by atoms with Crippen LogP contribution in [-0.4, -0.2) is 98.3 Å². The summed E-state index contributed by atoms with van der Waals surface area (Å²) in [5.74, 6) is -0.108. The van der Waals surface area contributed by atoms with Gasteiger partial charge in [-0.2, -0.15) is 0 Å². The van der Waals surface area contributed by atoms with E-state index in [1.165, 1.54) is 12.8 Å². The van der Waals surface area contributed by atoms with Gasteiger partial charge in [-0.15, -0.1) is 0 Å². The number of likely N-dealkylation sites (tertiary alicyclic amines) is 1. The third-order valence-electron chi connectivity index (χ3n) is 6.33. The van der Waals surface area contributed by atoms with Crippen LogP contribution in [0, 0.1) is 0 Å². The van der Waals surface area contributed by atoms with Crippen LogP contribution in [0.15, 0.2) is 24.3 Å². The Hall–Kier alpha value is -1.87. The maximum absolute atomic E-state index is 13.2. The Bertz CT molecular complexity index is 731. The lowest BCUT2D eigenvalue weighted by Crippen LogP contribution is -2.60. The van der Waals surface area contributed by atoms with Crippen molar-refractivity contribution in [2.45, 2.75) is 38.0 Å². The van der Waals surface area contributed by atoms with Gasteiger partial charge in [0.1, 0.15) is 6.04 Å². The highest BCUT2D eigenvalue weighted by molar-refractivity contribution is 6.30. The van der Waals surface area contributed by atoms with Crippen molar-refractivity contribution in [1.29, 1.82) is 0 Å². The van der Waals surface area contributed by atoms with Crippen molar-refractivity contribution in [2.24, 2.45) is 0 Å². The SMILES string of the molecule is CO[C@H](C)[C@@H](NC(=O)Nc1ccc(Cl)cc1)C(=O)N1CCN(C2CCN(C)CC2)CC1. The zero-order chi connectivity index (χ0) is 22.4. The van der Waals surface area contributed by atoms with E-state index in [0.717, 1.165) is 26.2 Å². The number of benzene rings is 1. The van der Waals surface area contributed by atoms with Gasteiger partial charge in [-0.3, -0.25) is 9.69 Å². The Kier molecular flexibility index (Phi) is 8.54. The molecule has 2 aliphatic rings. The van der Waals surface area contributed by atoms with E-state index in [9.17, 15) is 9.59 Å². The number of nitrogens with one attached hydrogen (secondary N) is 2. The summed E-state index contributed by atoms with van der Waals surface area (Å²) < 4.78 is 5.39. The summed E-state index contributed by atoms with van der Waals surface area (Å²) in [5, 5.41) is 6.12. The van der Waals surface area contributed by atoms with Crippen LogP contribution in [0.25, 0.3) is 0 Å². The highest BCUT2D eigenvalue weighted by Gasteiger charge is 2.34. The van der Waals surface area contributed by atoms with Crippen LogP contribution in [0.2, 0.25) is 5.02 Å². The Morgan fingerprint density at radius 3 is 2.26 bits per heavy atom. The van der Waals surface area contributed by atoms with Gasteiger partial charge in [0.15, 0.2) is 0 Å². The second-order valence-electron chi connectivity index (χ2n) is 8.42. The lowest BCUT2D eigenvalue weighted by molar-refractivity contribution is -0.138. The number of hydrogen-bond acceptors (Lipinski definition) is 5. The number of hydrogen-bond donors (Lipinski definition) is 2. The molecule has 2 heterocycles. The number of piperidine rings is 1. The number of anilines is 1. The standard InChI is InChI=1S/C22H34ClN5O3/c1-16(31-3)20(25-22(30)24-18-6-4-17(23)5-7-18)21(29)28-14-12-27(13-15-28)19-8-10-26(2)11-9-19/h4-7,16,19-20H,8-15H2,1-3H3,(H2,24,25,30)/t16-,20-/m1/s1. The minimum atomic E-state index is -0.757. The van der Waals surface area contributed by atoms with Gasteiger partial charge in [-0.1, -0.05) is 11.6 Å². The molecule has 0 unspecified atom stereocenters. The van der Waals surface area contributed by atoms with Gasteiger partial charge in [-0.05, 0) is 64.2 Å². The fourth-order valence-corrected chi connectivity index (χ4v) is 4.35. The molecule has 1 aromatic rings. The van der Waals surface area contributed by atoms with Gasteiger partial charge in [0.05, 0.1) is 6.10 Å².